The molecule has 0 aromatic carbocycles. The molecule has 0 heterocycles. The summed E-state index contributed by atoms with van der Waals surface area (Å²) < 4.78 is 0. The van der Waals surface area contributed by atoms with Crippen LogP contribution in [0.1, 0.15) is 48.5 Å². The summed E-state index contributed by atoms with van der Waals surface area (Å²) in [5.41, 5.74) is 0.225. The Labute approximate surface area is 101 Å². The van der Waals surface area contributed by atoms with Gasteiger partial charge in [0, 0.05) is 18.6 Å². The van der Waals surface area contributed by atoms with Crippen LogP contribution in [0.5, 0.6) is 0 Å². The van der Waals surface area contributed by atoms with Gasteiger partial charge >= 0.3 is 0 Å². The Morgan fingerprint density at radius 1 is 1.19 bits per heavy atom. The van der Waals surface area contributed by atoms with Gasteiger partial charge in [-0.3, -0.25) is 9.69 Å². The van der Waals surface area contributed by atoms with Crippen LogP contribution in [-0.2, 0) is 4.79 Å². The standard InChI is InChI=1S/C13H28N2O/c1-10(2)14-12(16)8-15(11(3)4)9-13(5,6)7/h10-11H,8-9H2,1-7H3,(H,14,16). The van der Waals surface area contributed by atoms with Crippen LogP contribution in [0.15, 0.2) is 0 Å². The van der Waals surface area contributed by atoms with E-state index in [1.54, 1.807) is 0 Å². The third kappa shape index (κ3) is 7.69. The highest BCUT2D eigenvalue weighted by Crippen LogP contribution is 2.16. The molecule has 0 saturated carbocycles. The van der Waals surface area contributed by atoms with Crippen molar-refractivity contribution < 1.29 is 4.79 Å². The van der Waals surface area contributed by atoms with Crippen molar-refractivity contribution in [3.63, 3.8) is 0 Å². The van der Waals surface area contributed by atoms with Gasteiger partial charge in [-0.15, -0.1) is 0 Å². The van der Waals surface area contributed by atoms with E-state index in [-0.39, 0.29) is 17.4 Å². The van der Waals surface area contributed by atoms with Gasteiger partial charge in [0.1, 0.15) is 0 Å². The molecule has 0 aliphatic rings. The summed E-state index contributed by atoms with van der Waals surface area (Å²) in [4.78, 5) is 13.9. The molecular weight excluding hydrogens is 200 g/mol. The van der Waals surface area contributed by atoms with Crippen LogP contribution in [0, 0.1) is 5.41 Å². The number of carbonyl (C=O) groups excluding carboxylic acids is 1. The third-order valence-corrected chi connectivity index (χ3v) is 2.20. The van der Waals surface area contributed by atoms with Crippen molar-refractivity contribution in [2.45, 2.75) is 60.5 Å². The number of nitrogens with zero attached hydrogens (tertiary/aromatic N) is 1. The number of hydrogen-bond donors (Lipinski definition) is 1. The second kappa shape index (κ2) is 6.24. The Hall–Kier alpha value is -0.570. The SMILES string of the molecule is CC(C)NC(=O)CN(CC(C)(C)C)C(C)C. The summed E-state index contributed by atoms with van der Waals surface area (Å²) in [6.07, 6.45) is 0. The van der Waals surface area contributed by atoms with Crippen molar-refractivity contribution in [2.75, 3.05) is 13.1 Å². The van der Waals surface area contributed by atoms with Gasteiger partial charge < -0.3 is 5.32 Å². The number of amides is 1. The van der Waals surface area contributed by atoms with E-state index in [4.69, 9.17) is 0 Å². The second-order valence-electron chi connectivity index (χ2n) is 6.28. The largest absolute Gasteiger partial charge is 0.353 e. The predicted octanol–water partition coefficient (Wildman–Crippen LogP) is 2.27. The molecule has 1 N–H and O–H groups in total. The van der Waals surface area contributed by atoms with E-state index >= 15 is 0 Å². The van der Waals surface area contributed by atoms with Crippen molar-refractivity contribution >= 4 is 5.91 Å². The lowest BCUT2D eigenvalue weighted by Crippen LogP contribution is -2.45. The molecule has 0 aliphatic carbocycles. The second-order valence-corrected chi connectivity index (χ2v) is 6.28. The molecule has 3 heteroatoms. The van der Waals surface area contributed by atoms with Crippen LogP contribution in [0.2, 0.25) is 0 Å². The third-order valence-electron chi connectivity index (χ3n) is 2.20. The average molecular weight is 228 g/mol. The van der Waals surface area contributed by atoms with Gasteiger partial charge in [0.15, 0.2) is 0 Å². The Bertz CT molecular complexity index is 216. The molecule has 16 heavy (non-hydrogen) atoms. The van der Waals surface area contributed by atoms with Crippen LogP contribution in [0.25, 0.3) is 0 Å². The summed E-state index contributed by atoms with van der Waals surface area (Å²) in [7, 11) is 0. The lowest BCUT2D eigenvalue weighted by Gasteiger charge is -2.32. The molecule has 0 aromatic rings. The van der Waals surface area contributed by atoms with Crippen molar-refractivity contribution in [2.24, 2.45) is 5.41 Å². The quantitative estimate of drug-likeness (QED) is 0.783. The van der Waals surface area contributed by atoms with Gasteiger partial charge in [0.2, 0.25) is 5.91 Å². The average Bonchev–Trinajstić information content (AvgIpc) is 1.97. The van der Waals surface area contributed by atoms with E-state index < -0.39 is 0 Å². The van der Waals surface area contributed by atoms with Gasteiger partial charge in [0.25, 0.3) is 0 Å². The van der Waals surface area contributed by atoms with E-state index in [0.717, 1.165) is 6.54 Å². The van der Waals surface area contributed by atoms with Crippen LogP contribution in [0.3, 0.4) is 0 Å². The van der Waals surface area contributed by atoms with Crippen molar-refractivity contribution in [1.82, 2.24) is 10.2 Å². The molecule has 96 valence electrons. The molecule has 1 amide bonds. The number of carbonyl (C=O) groups is 1. The summed E-state index contributed by atoms with van der Waals surface area (Å²) >= 11 is 0. The summed E-state index contributed by atoms with van der Waals surface area (Å²) in [5, 5.41) is 2.93. The zero-order chi connectivity index (χ0) is 12.9. The maximum Gasteiger partial charge on any atom is 0.234 e. The van der Waals surface area contributed by atoms with E-state index in [1.807, 2.05) is 13.8 Å². The molecule has 0 bridgehead atoms. The molecular formula is C13H28N2O. The van der Waals surface area contributed by atoms with Gasteiger partial charge in [-0.1, -0.05) is 20.8 Å². The summed E-state index contributed by atoms with van der Waals surface area (Å²) in [6, 6.07) is 0.619. The molecule has 0 fully saturated rings. The molecule has 0 unspecified atom stereocenters. The van der Waals surface area contributed by atoms with Crippen LogP contribution in [-0.4, -0.2) is 36.0 Å². The predicted molar refractivity (Wildman–Crippen MR) is 69.4 cm³/mol. The van der Waals surface area contributed by atoms with E-state index in [1.165, 1.54) is 0 Å². The number of rotatable bonds is 5. The minimum absolute atomic E-state index is 0.118. The molecule has 0 aliphatic heterocycles. The van der Waals surface area contributed by atoms with Gasteiger partial charge in [-0.2, -0.15) is 0 Å². The number of nitrogens with one attached hydrogen (secondary N) is 1. The first-order chi connectivity index (χ1) is 7.11. The zero-order valence-corrected chi connectivity index (χ0v) is 11.9. The van der Waals surface area contributed by atoms with Crippen LogP contribution < -0.4 is 5.32 Å². The monoisotopic (exact) mass is 228 g/mol. The van der Waals surface area contributed by atoms with Crippen molar-refractivity contribution in [3.05, 3.63) is 0 Å². The lowest BCUT2D eigenvalue weighted by molar-refractivity contribution is -0.123. The number of hydrogen-bond acceptors (Lipinski definition) is 2. The molecule has 0 atom stereocenters. The maximum atomic E-state index is 11.7. The summed E-state index contributed by atoms with van der Waals surface area (Å²) in [5.74, 6) is 0.118. The van der Waals surface area contributed by atoms with Gasteiger partial charge in [0.05, 0.1) is 6.54 Å². The fourth-order valence-corrected chi connectivity index (χ4v) is 1.58. The summed E-state index contributed by atoms with van der Waals surface area (Å²) in [6.45, 7) is 16.3. The van der Waals surface area contributed by atoms with E-state index in [2.05, 4.69) is 44.8 Å². The first kappa shape index (κ1) is 15.4. The van der Waals surface area contributed by atoms with Gasteiger partial charge in [-0.25, -0.2) is 0 Å². The molecule has 0 aromatic heterocycles. The Morgan fingerprint density at radius 2 is 1.69 bits per heavy atom. The van der Waals surface area contributed by atoms with Gasteiger partial charge in [-0.05, 0) is 33.1 Å². The molecule has 3 nitrogen and oxygen atoms in total. The molecule has 0 rings (SSSR count). The molecule has 0 radical (unpaired) electrons. The minimum Gasteiger partial charge on any atom is -0.353 e. The highest BCUT2D eigenvalue weighted by Gasteiger charge is 2.20. The smallest absolute Gasteiger partial charge is 0.234 e. The van der Waals surface area contributed by atoms with E-state index in [0.29, 0.717) is 12.6 Å². The maximum absolute atomic E-state index is 11.7. The highest BCUT2D eigenvalue weighted by atomic mass is 16.2. The highest BCUT2D eigenvalue weighted by molar-refractivity contribution is 5.78. The van der Waals surface area contributed by atoms with Crippen LogP contribution >= 0.6 is 0 Å². The zero-order valence-electron chi connectivity index (χ0n) is 11.9. The Balaban J connectivity index is 4.29. The first-order valence-corrected chi connectivity index (χ1v) is 6.15. The lowest BCUT2D eigenvalue weighted by atomic mass is 9.95. The Kier molecular flexibility index (Phi) is 6.01. The minimum atomic E-state index is 0.118. The fraction of sp³-hybridized carbons (Fsp3) is 0.923. The van der Waals surface area contributed by atoms with Crippen LogP contribution in [0.4, 0.5) is 0 Å². The topological polar surface area (TPSA) is 32.3 Å². The fourth-order valence-electron chi connectivity index (χ4n) is 1.58. The van der Waals surface area contributed by atoms with Crippen molar-refractivity contribution in [3.8, 4) is 0 Å². The van der Waals surface area contributed by atoms with E-state index in [9.17, 15) is 4.79 Å². The molecule has 0 saturated heterocycles. The molecule has 0 spiro atoms. The first-order valence-electron chi connectivity index (χ1n) is 6.15. The van der Waals surface area contributed by atoms with Crippen molar-refractivity contribution in [1.29, 1.82) is 0 Å². The normalized spacial score (nSPS) is 12.6. The Morgan fingerprint density at radius 3 is 2.00 bits per heavy atom.